The SMILES string of the molecule is C=C1C[C@@]23CC[C@H](C)[C@@](C)(CCCCC(=O)O[C@@H]4O[C@H](CO)[C@@H](O)[C@H](O)[C@H]4O)[C@@H]2CC[C@]1(O[C@@H]1O[C@H](CO)[C@@H](O)[C@H](OC2O[C@H](CO)[C@@H](O)[C@H](O)[C@H]2O)[C@H]1OC1O[C@H](CO)[C@@H](O)[C@H](O)[C@H]1O)C3. The maximum atomic E-state index is 12.9. The summed E-state index contributed by atoms with van der Waals surface area (Å²) in [7, 11) is 0. The van der Waals surface area contributed by atoms with Gasteiger partial charge in [-0.1, -0.05) is 26.8 Å². The van der Waals surface area contributed by atoms with Gasteiger partial charge < -0.3 is 109 Å². The maximum absolute atomic E-state index is 12.9. The zero-order valence-electron chi connectivity index (χ0n) is 37.7. The summed E-state index contributed by atoms with van der Waals surface area (Å²) in [5.74, 6) is -0.218. The third kappa shape index (κ3) is 9.98. The number of unbranched alkanes of at least 4 members (excludes halogenated alkanes) is 1. The molecular weight excluding hydrogens is 896 g/mol. The summed E-state index contributed by atoms with van der Waals surface area (Å²) in [5.41, 5.74) is -0.841. The van der Waals surface area contributed by atoms with Crippen LogP contribution in [0.3, 0.4) is 0 Å². The van der Waals surface area contributed by atoms with E-state index in [1.807, 2.05) is 0 Å². The van der Waals surface area contributed by atoms with Crippen molar-refractivity contribution in [2.24, 2.45) is 22.7 Å². The molecule has 2 bridgehead atoms. The molecule has 4 saturated heterocycles. The standard InChI is InChI=1S/C44H72O23/c1-18-7-10-43-12-19(2)44(17-43,11-8-24(43)42(18,3)9-5-4-6-25(49)64-38-33(57)30(54)26(50)20(13-45)60-38)67-41-37(66-40-35(59)32(56)28(52)22(15-47)62-40)36(29(53)23(16-48)63-41)65-39-34(58)31(55)27(51)21(14-46)61-39/h18,20-24,26-41,45-48,50-59H,2,4-17H2,1,3H3/t18-,20+,21+,22+,23+,24-,26+,27+,28+,29+,30-,31-,32-,33+,34+,35+,36-,37+,38-,39?,40?,41-,42+,43+,44-/m0/s1. The van der Waals surface area contributed by atoms with Crippen LogP contribution in [0.2, 0.25) is 0 Å². The number of aliphatic hydroxyl groups is 14. The van der Waals surface area contributed by atoms with Gasteiger partial charge in [-0.25, -0.2) is 0 Å². The lowest BCUT2D eigenvalue weighted by Crippen LogP contribution is -2.68. The van der Waals surface area contributed by atoms with E-state index in [4.69, 9.17) is 37.9 Å². The van der Waals surface area contributed by atoms with Gasteiger partial charge >= 0.3 is 5.97 Å². The monoisotopic (exact) mass is 968 g/mol. The summed E-state index contributed by atoms with van der Waals surface area (Å²) in [5, 5.41) is 146. The smallest absolute Gasteiger partial charge is 0.308 e. The van der Waals surface area contributed by atoms with Crippen LogP contribution >= 0.6 is 0 Å². The van der Waals surface area contributed by atoms with Crippen LogP contribution in [0.4, 0.5) is 0 Å². The van der Waals surface area contributed by atoms with Crippen LogP contribution in [-0.4, -0.2) is 232 Å². The molecule has 0 aromatic heterocycles. The molecule has 14 N–H and O–H groups in total. The van der Waals surface area contributed by atoms with Gasteiger partial charge in [0, 0.05) is 6.42 Å². The number of fused-ring (bicyclic) bond motifs is 1. The number of ether oxygens (including phenoxy) is 8. The molecule has 4 aliphatic heterocycles. The van der Waals surface area contributed by atoms with Gasteiger partial charge in [-0.15, -0.1) is 0 Å². The highest BCUT2D eigenvalue weighted by Gasteiger charge is 2.66. The van der Waals surface area contributed by atoms with Crippen molar-refractivity contribution in [1.82, 2.24) is 0 Å². The average molecular weight is 969 g/mol. The lowest BCUT2D eigenvalue weighted by Gasteiger charge is -2.59. The first-order chi connectivity index (χ1) is 31.7. The molecule has 0 aromatic carbocycles. The second-order valence-corrected chi connectivity index (χ2v) is 20.2. The fourth-order valence-corrected chi connectivity index (χ4v) is 12.2. The number of rotatable bonds is 16. The molecule has 2 unspecified atom stereocenters. The quantitative estimate of drug-likeness (QED) is 0.0299. The van der Waals surface area contributed by atoms with E-state index in [0.717, 1.165) is 24.8 Å². The Labute approximate surface area is 387 Å². The zero-order valence-corrected chi connectivity index (χ0v) is 37.7. The number of carbonyl (C=O) groups is 1. The fraction of sp³-hybridized carbons (Fsp3) is 0.932. The molecule has 7 fully saturated rings. The normalized spacial score (nSPS) is 51.3. The molecule has 7 aliphatic rings. The summed E-state index contributed by atoms with van der Waals surface area (Å²) < 4.78 is 47.4. The van der Waals surface area contributed by atoms with Crippen LogP contribution in [0.25, 0.3) is 0 Å². The van der Waals surface area contributed by atoms with Gasteiger partial charge in [-0.05, 0) is 79.6 Å². The van der Waals surface area contributed by atoms with Crippen molar-refractivity contribution in [3.63, 3.8) is 0 Å². The van der Waals surface area contributed by atoms with Crippen molar-refractivity contribution >= 4 is 5.97 Å². The molecule has 3 saturated carbocycles. The van der Waals surface area contributed by atoms with Crippen molar-refractivity contribution in [2.45, 2.75) is 206 Å². The molecule has 386 valence electrons. The van der Waals surface area contributed by atoms with E-state index in [2.05, 4.69) is 20.4 Å². The summed E-state index contributed by atoms with van der Waals surface area (Å²) in [6.07, 6.45) is -27.9. The minimum atomic E-state index is -1.94. The number of hydrogen-bond donors (Lipinski definition) is 14. The van der Waals surface area contributed by atoms with Crippen LogP contribution in [0.5, 0.6) is 0 Å². The number of carbonyl (C=O) groups excluding carboxylic acids is 1. The molecule has 0 amide bonds. The Morgan fingerprint density at radius 3 is 1.63 bits per heavy atom. The zero-order chi connectivity index (χ0) is 48.9. The van der Waals surface area contributed by atoms with E-state index < -0.39 is 161 Å². The largest absolute Gasteiger partial charge is 0.433 e. The molecular formula is C44H72O23. The van der Waals surface area contributed by atoms with Gasteiger partial charge in [0.05, 0.1) is 32.0 Å². The summed E-state index contributed by atoms with van der Waals surface area (Å²) in [4.78, 5) is 12.9. The predicted molar refractivity (Wildman–Crippen MR) is 221 cm³/mol. The van der Waals surface area contributed by atoms with Gasteiger partial charge in [0.2, 0.25) is 6.29 Å². The topological polar surface area (TPSA) is 374 Å². The maximum Gasteiger partial charge on any atom is 0.308 e. The summed E-state index contributed by atoms with van der Waals surface area (Å²) >= 11 is 0. The van der Waals surface area contributed by atoms with Crippen LogP contribution in [0.1, 0.15) is 78.1 Å². The summed E-state index contributed by atoms with van der Waals surface area (Å²) in [6.45, 7) is 5.93. The van der Waals surface area contributed by atoms with Crippen LogP contribution < -0.4 is 0 Å². The molecule has 3 aliphatic carbocycles. The van der Waals surface area contributed by atoms with Crippen molar-refractivity contribution < 1.29 is 114 Å². The molecule has 23 nitrogen and oxygen atoms in total. The van der Waals surface area contributed by atoms with Gasteiger partial charge in [0.1, 0.15) is 97.7 Å². The molecule has 7 rings (SSSR count). The predicted octanol–water partition coefficient (Wildman–Crippen LogP) is -4.72. The lowest BCUT2D eigenvalue weighted by molar-refractivity contribution is -0.399. The first-order valence-corrected chi connectivity index (χ1v) is 23.4. The molecule has 23 heteroatoms. The van der Waals surface area contributed by atoms with Crippen LogP contribution in [-0.2, 0) is 42.7 Å². The van der Waals surface area contributed by atoms with E-state index in [-0.39, 0.29) is 29.1 Å². The van der Waals surface area contributed by atoms with E-state index in [0.29, 0.717) is 38.5 Å². The van der Waals surface area contributed by atoms with Crippen LogP contribution in [0, 0.1) is 22.7 Å². The highest BCUT2D eigenvalue weighted by atomic mass is 16.8. The Bertz CT molecular complexity index is 1670. The fourth-order valence-electron chi connectivity index (χ4n) is 12.2. The van der Waals surface area contributed by atoms with E-state index >= 15 is 0 Å². The minimum absolute atomic E-state index is 0.0125. The van der Waals surface area contributed by atoms with Gasteiger partial charge in [-0.3, -0.25) is 4.79 Å². The van der Waals surface area contributed by atoms with Crippen LogP contribution in [0.15, 0.2) is 12.2 Å². The van der Waals surface area contributed by atoms with Gasteiger partial charge in [0.25, 0.3) is 0 Å². The Balaban J connectivity index is 1.09. The first-order valence-electron chi connectivity index (χ1n) is 23.4. The summed E-state index contributed by atoms with van der Waals surface area (Å²) in [6, 6.07) is 0. The Morgan fingerprint density at radius 1 is 0.612 bits per heavy atom. The van der Waals surface area contributed by atoms with Crippen molar-refractivity contribution in [3.8, 4) is 0 Å². The Kier molecular flexibility index (Phi) is 16.8. The number of hydrogen-bond acceptors (Lipinski definition) is 23. The van der Waals surface area contributed by atoms with E-state index in [1.54, 1.807) is 0 Å². The molecule has 0 aromatic rings. The second-order valence-electron chi connectivity index (χ2n) is 20.2. The first kappa shape index (κ1) is 53.2. The van der Waals surface area contributed by atoms with Crippen molar-refractivity contribution in [3.05, 3.63) is 12.2 Å². The third-order valence-corrected chi connectivity index (χ3v) is 16.3. The number of aliphatic hydroxyl groups excluding tert-OH is 14. The van der Waals surface area contributed by atoms with Gasteiger partial charge in [0.15, 0.2) is 18.9 Å². The van der Waals surface area contributed by atoms with Crippen molar-refractivity contribution in [1.29, 1.82) is 0 Å². The highest BCUT2D eigenvalue weighted by Crippen LogP contribution is 2.70. The Morgan fingerprint density at radius 2 is 1.09 bits per heavy atom. The second kappa shape index (κ2) is 21.2. The lowest BCUT2D eigenvalue weighted by atomic mass is 9.47. The van der Waals surface area contributed by atoms with Gasteiger partial charge in [-0.2, -0.15) is 0 Å². The number of esters is 1. The average Bonchev–Trinajstić information content (AvgIpc) is 3.51. The van der Waals surface area contributed by atoms with E-state index in [1.165, 1.54) is 0 Å². The molecule has 67 heavy (non-hydrogen) atoms. The van der Waals surface area contributed by atoms with Crippen molar-refractivity contribution in [2.75, 3.05) is 26.4 Å². The Hall–Kier alpha value is -1.63. The molecule has 25 atom stereocenters. The highest BCUT2D eigenvalue weighted by molar-refractivity contribution is 5.69. The molecule has 1 spiro atoms. The molecule has 0 radical (unpaired) electrons. The minimum Gasteiger partial charge on any atom is -0.433 e. The third-order valence-electron chi connectivity index (χ3n) is 16.3. The van der Waals surface area contributed by atoms with E-state index in [9.17, 15) is 76.3 Å². The molecule has 4 heterocycles.